The minimum atomic E-state index is -1.10. The monoisotopic (exact) mass is 492 g/mol. The van der Waals surface area contributed by atoms with Crippen molar-refractivity contribution >= 4 is 28.8 Å². The zero-order chi connectivity index (χ0) is 24.6. The average molecular weight is 493 g/mol. The Bertz CT molecular complexity index is 1140. The number of esters is 2. The number of benzene rings is 3. The van der Waals surface area contributed by atoms with E-state index in [1.807, 2.05) is 6.07 Å². The van der Waals surface area contributed by atoms with Crippen molar-refractivity contribution in [1.82, 2.24) is 0 Å². The summed E-state index contributed by atoms with van der Waals surface area (Å²) in [4.78, 5) is 38.8. The molecule has 7 nitrogen and oxygen atoms in total. The summed E-state index contributed by atoms with van der Waals surface area (Å²) in [5.74, 6) is -1.23. The number of ether oxygens (including phenoxy) is 4. The van der Waals surface area contributed by atoms with Crippen LogP contribution in [-0.4, -0.2) is 54.5 Å². The number of rotatable bonds is 7. The van der Waals surface area contributed by atoms with Gasteiger partial charge in [-0.05, 0) is 24.3 Å². The minimum Gasteiger partial charge on any atom is -0.453 e. The van der Waals surface area contributed by atoms with E-state index in [4.69, 9.17) is 18.9 Å². The fourth-order valence-corrected chi connectivity index (χ4v) is 4.66. The second kappa shape index (κ2) is 11.8. The highest BCUT2D eigenvalue weighted by Crippen LogP contribution is 2.32. The molecule has 0 amide bonds. The van der Waals surface area contributed by atoms with Crippen molar-refractivity contribution in [1.29, 1.82) is 0 Å². The first kappa shape index (κ1) is 24.7. The largest absolute Gasteiger partial charge is 0.453 e. The van der Waals surface area contributed by atoms with Gasteiger partial charge in [-0.1, -0.05) is 78.5 Å². The van der Waals surface area contributed by atoms with E-state index in [0.29, 0.717) is 16.7 Å². The summed E-state index contributed by atoms with van der Waals surface area (Å²) in [5.41, 5.74) is 1.15. The molecule has 1 aliphatic rings. The molecule has 0 saturated carbocycles. The van der Waals surface area contributed by atoms with Crippen LogP contribution in [0.25, 0.3) is 0 Å². The quantitative estimate of drug-likeness (QED) is 0.449. The number of carbonyl (C=O) groups is 3. The number of hydrogen-bond acceptors (Lipinski definition) is 8. The summed E-state index contributed by atoms with van der Waals surface area (Å²) in [7, 11) is 1.41. The molecule has 4 rings (SSSR count). The molecule has 3 aromatic rings. The van der Waals surface area contributed by atoms with Gasteiger partial charge < -0.3 is 18.9 Å². The molecule has 1 aliphatic heterocycles. The van der Waals surface area contributed by atoms with Crippen LogP contribution in [0.1, 0.15) is 31.1 Å². The molecule has 0 aliphatic carbocycles. The van der Waals surface area contributed by atoms with Crippen LogP contribution >= 0.6 is 11.8 Å². The Morgan fingerprint density at radius 3 is 1.66 bits per heavy atom. The number of carbonyl (C=O) groups excluding carboxylic acids is 3. The first-order chi connectivity index (χ1) is 17.1. The second-order valence-corrected chi connectivity index (χ2v) is 8.93. The standard InChI is InChI=1S/C27H24O7S/c1-31-27-23(34-25(29)19-13-7-3-8-14-19)22(33-24(28)18-11-5-2-6-12-18)21(17-32-27)35-26(30)20-15-9-4-10-16-20/h2-16,21-23,27H,17H2,1H3/t21-,22-,23-,27-/m1/s1. The van der Waals surface area contributed by atoms with Gasteiger partial charge in [0.15, 0.2) is 18.5 Å². The van der Waals surface area contributed by atoms with E-state index in [1.54, 1.807) is 84.9 Å². The van der Waals surface area contributed by atoms with Crippen molar-refractivity contribution < 1.29 is 33.3 Å². The van der Waals surface area contributed by atoms with Crippen molar-refractivity contribution in [2.75, 3.05) is 13.7 Å². The third kappa shape index (κ3) is 6.16. The highest BCUT2D eigenvalue weighted by atomic mass is 32.2. The molecule has 0 unspecified atom stereocenters. The van der Waals surface area contributed by atoms with Gasteiger partial charge in [-0.15, -0.1) is 0 Å². The fraction of sp³-hybridized carbons (Fsp3) is 0.222. The number of methoxy groups -OCH3 is 1. The lowest BCUT2D eigenvalue weighted by molar-refractivity contribution is -0.229. The normalized spacial score (nSPS) is 21.6. The Kier molecular flexibility index (Phi) is 8.31. The third-order valence-corrected chi connectivity index (χ3v) is 6.55. The van der Waals surface area contributed by atoms with Gasteiger partial charge in [0.2, 0.25) is 5.12 Å². The van der Waals surface area contributed by atoms with Crippen LogP contribution in [-0.2, 0) is 18.9 Å². The Hall–Kier alpha value is -3.46. The Labute approximate surface area is 207 Å². The minimum absolute atomic E-state index is 0.0495. The van der Waals surface area contributed by atoms with Crippen LogP contribution < -0.4 is 0 Å². The van der Waals surface area contributed by atoms with Crippen LogP contribution in [0, 0.1) is 0 Å². The van der Waals surface area contributed by atoms with Gasteiger partial charge in [0, 0.05) is 12.7 Å². The van der Waals surface area contributed by atoms with Crippen LogP contribution in [0.3, 0.4) is 0 Å². The Morgan fingerprint density at radius 2 is 1.17 bits per heavy atom. The van der Waals surface area contributed by atoms with Crippen molar-refractivity contribution in [3.63, 3.8) is 0 Å². The van der Waals surface area contributed by atoms with Crippen molar-refractivity contribution in [2.45, 2.75) is 23.7 Å². The van der Waals surface area contributed by atoms with E-state index >= 15 is 0 Å². The molecule has 0 spiro atoms. The molecule has 0 N–H and O–H groups in total. The van der Waals surface area contributed by atoms with Crippen LogP contribution in [0.15, 0.2) is 91.0 Å². The Balaban J connectivity index is 1.62. The van der Waals surface area contributed by atoms with E-state index in [0.717, 1.165) is 11.8 Å². The summed E-state index contributed by atoms with van der Waals surface area (Å²) < 4.78 is 22.8. The summed E-state index contributed by atoms with van der Waals surface area (Å²) >= 11 is 0.970. The Morgan fingerprint density at radius 1 is 0.714 bits per heavy atom. The zero-order valence-corrected chi connectivity index (χ0v) is 19.8. The molecule has 1 heterocycles. The molecule has 4 atom stereocenters. The SMILES string of the molecule is CO[C@@H]1OC[C@@H](SC(=O)c2ccccc2)[C@@H](OC(=O)c2ccccc2)[C@H]1OC(=O)c1ccccc1. The van der Waals surface area contributed by atoms with Crippen molar-refractivity contribution in [2.24, 2.45) is 0 Å². The zero-order valence-electron chi connectivity index (χ0n) is 18.9. The fourth-order valence-electron chi connectivity index (χ4n) is 3.63. The average Bonchev–Trinajstić information content (AvgIpc) is 2.91. The molecule has 8 heteroatoms. The maximum Gasteiger partial charge on any atom is 0.338 e. The first-order valence-electron chi connectivity index (χ1n) is 11.0. The molecule has 3 aromatic carbocycles. The maximum atomic E-state index is 13.0. The maximum absolute atomic E-state index is 13.0. The predicted molar refractivity (Wildman–Crippen MR) is 130 cm³/mol. The molecular weight excluding hydrogens is 468 g/mol. The molecule has 0 aromatic heterocycles. The van der Waals surface area contributed by atoms with Gasteiger partial charge in [-0.3, -0.25) is 4.79 Å². The van der Waals surface area contributed by atoms with Crippen molar-refractivity contribution in [3.8, 4) is 0 Å². The topological polar surface area (TPSA) is 88.1 Å². The van der Waals surface area contributed by atoms with Crippen LogP contribution in [0.5, 0.6) is 0 Å². The number of thioether (sulfide) groups is 1. The smallest absolute Gasteiger partial charge is 0.338 e. The molecule has 0 radical (unpaired) electrons. The highest BCUT2D eigenvalue weighted by Gasteiger charge is 2.47. The highest BCUT2D eigenvalue weighted by molar-refractivity contribution is 8.14. The van der Waals surface area contributed by atoms with Gasteiger partial charge in [0.25, 0.3) is 0 Å². The van der Waals surface area contributed by atoms with E-state index < -0.39 is 35.7 Å². The van der Waals surface area contributed by atoms with Gasteiger partial charge in [-0.2, -0.15) is 0 Å². The van der Waals surface area contributed by atoms with E-state index in [1.165, 1.54) is 7.11 Å². The van der Waals surface area contributed by atoms with Crippen molar-refractivity contribution in [3.05, 3.63) is 108 Å². The van der Waals surface area contributed by atoms with E-state index in [2.05, 4.69) is 0 Å². The van der Waals surface area contributed by atoms with Crippen LogP contribution in [0.4, 0.5) is 0 Å². The summed E-state index contributed by atoms with van der Waals surface area (Å²) in [6, 6.07) is 25.7. The van der Waals surface area contributed by atoms with Gasteiger partial charge >= 0.3 is 11.9 Å². The van der Waals surface area contributed by atoms with Gasteiger partial charge in [0.05, 0.1) is 23.0 Å². The first-order valence-corrected chi connectivity index (χ1v) is 11.9. The summed E-state index contributed by atoms with van der Waals surface area (Å²) in [6.45, 7) is 0.0495. The van der Waals surface area contributed by atoms with E-state index in [9.17, 15) is 14.4 Å². The van der Waals surface area contributed by atoms with Crippen LogP contribution in [0.2, 0.25) is 0 Å². The summed E-state index contributed by atoms with van der Waals surface area (Å²) in [5, 5.41) is -0.862. The molecule has 0 bridgehead atoms. The van der Waals surface area contributed by atoms with Gasteiger partial charge in [0.1, 0.15) is 0 Å². The lowest BCUT2D eigenvalue weighted by atomic mass is 10.1. The van der Waals surface area contributed by atoms with Gasteiger partial charge in [-0.25, -0.2) is 9.59 Å². The second-order valence-electron chi connectivity index (χ2n) is 7.72. The van der Waals surface area contributed by atoms with E-state index in [-0.39, 0.29) is 11.7 Å². The molecule has 1 fully saturated rings. The molecule has 180 valence electrons. The molecule has 1 saturated heterocycles. The molecular formula is C27H24O7S. The number of hydrogen-bond donors (Lipinski definition) is 0. The summed E-state index contributed by atoms with van der Waals surface area (Å²) in [6.07, 6.45) is -3.10. The third-order valence-electron chi connectivity index (χ3n) is 5.39. The molecule has 35 heavy (non-hydrogen) atoms. The lowest BCUT2D eigenvalue weighted by Crippen LogP contribution is -2.56. The predicted octanol–water partition coefficient (Wildman–Crippen LogP) is 4.38. The lowest BCUT2D eigenvalue weighted by Gasteiger charge is -2.40.